The third kappa shape index (κ3) is 4.48. The van der Waals surface area contributed by atoms with Gasteiger partial charge in [0.25, 0.3) is 5.91 Å². The molecule has 0 radical (unpaired) electrons. The van der Waals surface area contributed by atoms with Crippen LogP contribution in [0.3, 0.4) is 0 Å². The fourth-order valence-corrected chi connectivity index (χ4v) is 3.30. The Morgan fingerprint density at radius 2 is 2.17 bits per heavy atom. The molecule has 9 heteroatoms. The molecule has 0 spiro atoms. The summed E-state index contributed by atoms with van der Waals surface area (Å²) in [4.78, 5) is 14.9. The number of halogens is 1. The molecule has 2 heterocycles. The molecule has 24 heavy (non-hydrogen) atoms. The molecule has 1 fully saturated rings. The van der Waals surface area contributed by atoms with Crippen LogP contribution in [0.5, 0.6) is 0 Å². The predicted molar refractivity (Wildman–Crippen MR) is 96.1 cm³/mol. The van der Waals surface area contributed by atoms with Crippen molar-refractivity contribution in [3.8, 4) is 5.69 Å². The SMILES string of the molecule is CC(CN1CCOCC1)NC(=O)c1cc(I)cc(-n2cnnn2)c1. The van der Waals surface area contributed by atoms with E-state index in [1.807, 2.05) is 19.1 Å². The van der Waals surface area contributed by atoms with E-state index in [-0.39, 0.29) is 11.9 Å². The average Bonchev–Trinajstić information content (AvgIpc) is 3.09. The summed E-state index contributed by atoms with van der Waals surface area (Å²) in [5, 5.41) is 14.2. The maximum Gasteiger partial charge on any atom is 0.251 e. The number of benzene rings is 1. The minimum atomic E-state index is -0.0939. The van der Waals surface area contributed by atoms with E-state index < -0.39 is 0 Å². The van der Waals surface area contributed by atoms with E-state index in [0.717, 1.165) is 42.1 Å². The van der Waals surface area contributed by atoms with Gasteiger partial charge in [0.15, 0.2) is 0 Å². The van der Waals surface area contributed by atoms with Gasteiger partial charge in [-0.3, -0.25) is 9.69 Å². The fraction of sp³-hybridized carbons (Fsp3) is 0.467. The standard InChI is InChI=1S/C15H19IN6O2/c1-11(9-21-2-4-24-5-3-21)18-15(23)12-6-13(16)8-14(7-12)22-10-17-19-20-22/h6-8,10-11H,2-5,9H2,1H3,(H,18,23). The van der Waals surface area contributed by atoms with E-state index in [2.05, 4.69) is 48.3 Å². The minimum absolute atomic E-state index is 0.0601. The van der Waals surface area contributed by atoms with E-state index in [4.69, 9.17) is 4.74 Å². The molecular formula is C15H19IN6O2. The zero-order valence-electron chi connectivity index (χ0n) is 13.4. The first kappa shape index (κ1) is 17.2. The van der Waals surface area contributed by atoms with Crippen LogP contribution in [0, 0.1) is 3.57 Å². The lowest BCUT2D eigenvalue weighted by molar-refractivity contribution is 0.0342. The number of carbonyl (C=O) groups excluding carboxylic acids is 1. The minimum Gasteiger partial charge on any atom is -0.379 e. The Kier molecular flexibility index (Phi) is 5.74. The summed E-state index contributed by atoms with van der Waals surface area (Å²) in [5.74, 6) is -0.0939. The van der Waals surface area contributed by atoms with Crippen LogP contribution in [0.15, 0.2) is 24.5 Å². The van der Waals surface area contributed by atoms with E-state index in [1.54, 1.807) is 6.07 Å². The number of nitrogens with one attached hydrogen (secondary N) is 1. The maximum absolute atomic E-state index is 12.6. The van der Waals surface area contributed by atoms with Crippen LogP contribution in [0.25, 0.3) is 5.69 Å². The molecule has 128 valence electrons. The van der Waals surface area contributed by atoms with Crippen molar-refractivity contribution in [1.82, 2.24) is 30.4 Å². The Morgan fingerprint density at radius 3 is 2.88 bits per heavy atom. The molecule has 0 saturated carbocycles. The summed E-state index contributed by atoms with van der Waals surface area (Å²) in [6, 6.07) is 5.62. The van der Waals surface area contributed by atoms with Gasteiger partial charge in [-0.05, 0) is 58.1 Å². The number of aromatic nitrogens is 4. The molecular weight excluding hydrogens is 423 g/mol. The molecule has 1 aromatic carbocycles. The highest BCUT2D eigenvalue weighted by Gasteiger charge is 2.17. The zero-order valence-corrected chi connectivity index (χ0v) is 15.5. The monoisotopic (exact) mass is 442 g/mol. The predicted octanol–water partition coefficient (Wildman–Crippen LogP) is 0.717. The summed E-state index contributed by atoms with van der Waals surface area (Å²) in [6.07, 6.45) is 1.51. The molecule has 0 bridgehead atoms. The van der Waals surface area contributed by atoms with Gasteiger partial charge in [0.2, 0.25) is 0 Å². The van der Waals surface area contributed by atoms with E-state index in [0.29, 0.717) is 5.56 Å². The Balaban J connectivity index is 1.66. The van der Waals surface area contributed by atoms with Gasteiger partial charge in [-0.1, -0.05) is 0 Å². The maximum atomic E-state index is 12.6. The topological polar surface area (TPSA) is 85.2 Å². The molecule has 1 N–H and O–H groups in total. The fourth-order valence-electron chi connectivity index (χ4n) is 2.64. The lowest BCUT2D eigenvalue weighted by Crippen LogP contribution is -2.46. The molecule has 1 saturated heterocycles. The highest BCUT2D eigenvalue weighted by Crippen LogP contribution is 2.15. The zero-order chi connectivity index (χ0) is 16.9. The number of morpholine rings is 1. The smallest absolute Gasteiger partial charge is 0.251 e. The molecule has 1 aliphatic heterocycles. The van der Waals surface area contributed by atoms with Crippen LogP contribution in [-0.2, 0) is 4.74 Å². The van der Waals surface area contributed by atoms with Gasteiger partial charge < -0.3 is 10.1 Å². The highest BCUT2D eigenvalue weighted by molar-refractivity contribution is 14.1. The van der Waals surface area contributed by atoms with Crippen LogP contribution in [-0.4, -0.2) is 69.9 Å². The normalized spacial score (nSPS) is 16.8. The van der Waals surface area contributed by atoms with Crippen LogP contribution in [0.1, 0.15) is 17.3 Å². The lowest BCUT2D eigenvalue weighted by atomic mass is 10.1. The second-order valence-electron chi connectivity index (χ2n) is 5.74. The number of ether oxygens (including phenoxy) is 1. The molecule has 8 nitrogen and oxygen atoms in total. The van der Waals surface area contributed by atoms with Crippen molar-refractivity contribution in [2.75, 3.05) is 32.8 Å². The summed E-state index contributed by atoms with van der Waals surface area (Å²) >= 11 is 2.18. The first-order valence-electron chi connectivity index (χ1n) is 7.77. The van der Waals surface area contributed by atoms with Crippen molar-refractivity contribution in [3.63, 3.8) is 0 Å². The molecule has 1 aliphatic rings. The number of carbonyl (C=O) groups is 1. The summed E-state index contributed by atoms with van der Waals surface area (Å²) in [6.45, 7) is 6.17. The van der Waals surface area contributed by atoms with Crippen LogP contribution >= 0.6 is 22.6 Å². The Hall–Kier alpha value is -1.59. The van der Waals surface area contributed by atoms with Crippen molar-refractivity contribution >= 4 is 28.5 Å². The molecule has 1 amide bonds. The summed E-state index contributed by atoms with van der Waals surface area (Å²) in [7, 11) is 0. The lowest BCUT2D eigenvalue weighted by Gasteiger charge is -2.29. The van der Waals surface area contributed by atoms with E-state index in [1.165, 1.54) is 11.0 Å². The molecule has 1 aromatic heterocycles. The Labute approximate surface area is 153 Å². The molecule has 1 atom stereocenters. The quantitative estimate of drug-likeness (QED) is 0.688. The van der Waals surface area contributed by atoms with Gasteiger partial charge in [0.05, 0.1) is 18.9 Å². The molecule has 2 aromatic rings. The molecule has 0 aliphatic carbocycles. The number of tetrazole rings is 1. The summed E-state index contributed by atoms with van der Waals surface area (Å²) < 4.78 is 7.83. The third-order valence-electron chi connectivity index (χ3n) is 3.77. The molecule has 3 rings (SSSR count). The van der Waals surface area contributed by atoms with Gasteiger partial charge in [0.1, 0.15) is 6.33 Å². The number of nitrogens with zero attached hydrogens (tertiary/aromatic N) is 5. The number of rotatable bonds is 5. The number of amides is 1. The van der Waals surface area contributed by atoms with Crippen LogP contribution in [0.4, 0.5) is 0 Å². The number of hydrogen-bond acceptors (Lipinski definition) is 6. The van der Waals surface area contributed by atoms with Gasteiger partial charge in [-0.2, -0.15) is 0 Å². The van der Waals surface area contributed by atoms with Crippen LogP contribution in [0.2, 0.25) is 0 Å². The van der Waals surface area contributed by atoms with Gasteiger partial charge in [0, 0.05) is 34.8 Å². The van der Waals surface area contributed by atoms with Gasteiger partial charge >= 0.3 is 0 Å². The number of hydrogen-bond donors (Lipinski definition) is 1. The largest absolute Gasteiger partial charge is 0.379 e. The van der Waals surface area contributed by atoms with Gasteiger partial charge in [-0.15, -0.1) is 5.10 Å². The first-order chi connectivity index (χ1) is 11.6. The van der Waals surface area contributed by atoms with Crippen molar-refractivity contribution in [2.45, 2.75) is 13.0 Å². The highest BCUT2D eigenvalue weighted by atomic mass is 127. The average molecular weight is 442 g/mol. The Bertz CT molecular complexity index is 687. The van der Waals surface area contributed by atoms with Crippen molar-refractivity contribution in [1.29, 1.82) is 0 Å². The second-order valence-corrected chi connectivity index (χ2v) is 6.99. The summed E-state index contributed by atoms with van der Waals surface area (Å²) in [5.41, 5.74) is 1.36. The third-order valence-corrected chi connectivity index (χ3v) is 4.39. The van der Waals surface area contributed by atoms with E-state index >= 15 is 0 Å². The second kappa shape index (κ2) is 7.99. The first-order valence-corrected chi connectivity index (χ1v) is 8.84. The van der Waals surface area contributed by atoms with Crippen molar-refractivity contribution in [2.24, 2.45) is 0 Å². The Morgan fingerprint density at radius 1 is 1.38 bits per heavy atom. The van der Waals surface area contributed by atoms with Crippen molar-refractivity contribution < 1.29 is 9.53 Å². The van der Waals surface area contributed by atoms with Crippen molar-refractivity contribution in [3.05, 3.63) is 33.7 Å². The van der Waals surface area contributed by atoms with Crippen LogP contribution < -0.4 is 5.32 Å². The van der Waals surface area contributed by atoms with Gasteiger partial charge in [-0.25, -0.2) is 4.68 Å². The molecule has 1 unspecified atom stereocenters. The van der Waals surface area contributed by atoms with E-state index in [9.17, 15) is 4.79 Å².